The number of carbonyl (C=O) groups excluding carboxylic acids is 1. The first-order chi connectivity index (χ1) is 12.3. The van der Waals surface area contributed by atoms with E-state index < -0.39 is 5.60 Å². The van der Waals surface area contributed by atoms with Crippen LogP contribution < -0.4 is 4.74 Å². The Morgan fingerprint density at radius 2 is 1.92 bits per heavy atom. The molecule has 4 rings (SSSR count). The van der Waals surface area contributed by atoms with Gasteiger partial charge in [0.1, 0.15) is 11.4 Å². The van der Waals surface area contributed by atoms with Crippen LogP contribution >= 0.6 is 0 Å². The van der Waals surface area contributed by atoms with Gasteiger partial charge in [-0.2, -0.15) is 0 Å². The molecule has 1 unspecified atom stereocenters. The van der Waals surface area contributed by atoms with Gasteiger partial charge in [0.25, 0.3) is 0 Å². The fraction of sp³-hybridized carbons (Fsp3) is 0.667. The zero-order valence-electron chi connectivity index (χ0n) is 16.3. The molecule has 3 fully saturated rings. The molecule has 1 saturated carbocycles. The van der Waals surface area contributed by atoms with E-state index in [4.69, 9.17) is 9.47 Å². The molecule has 26 heavy (non-hydrogen) atoms. The van der Waals surface area contributed by atoms with Crippen molar-refractivity contribution in [2.75, 3.05) is 20.3 Å². The van der Waals surface area contributed by atoms with Crippen LogP contribution in [0.3, 0.4) is 0 Å². The smallest absolute Gasteiger partial charge is 0.410 e. The summed E-state index contributed by atoms with van der Waals surface area (Å²) < 4.78 is 10.9. The maximum absolute atomic E-state index is 12.8. The number of amides is 1. The summed E-state index contributed by atoms with van der Waals surface area (Å²) in [6.07, 6.45) is 2.83. The minimum atomic E-state index is -0.507. The standard InChI is InChI=1S/C21H31NO4/c1-21(2,3)26-20(24)22-12-15-6-5-7-18(22)17(13-23)19(15)14-8-10-16(25-4)11-9-14/h8-11,15,17-19,23H,5-7,12-13H2,1-4H3/t15?,17-,18-,19-/m0/s1. The number of ether oxygens (including phenoxy) is 2. The first-order valence-electron chi connectivity index (χ1n) is 9.58. The third kappa shape index (κ3) is 3.83. The highest BCUT2D eigenvalue weighted by Gasteiger charge is 2.48. The van der Waals surface area contributed by atoms with Gasteiger partial charge in [-0.05, 0) is 63.1 Å². The van der Waals surface area contributed by atoms with Crippen LogP contribution in [0.25, 0.3) is 0 Å². The van der Waals surface area contributed by atoms with Crippen LogP contribution in [-0.2, 0) is 4.74 Å². The molecule has 0 spiro atoms. The number of methoxy groups -OCH3 is 1. The van der Waals surface area contributed by atoms with Gasteiger partial charge in [-0.15, -0.1) is 0 Å². The van der Waals surface area contributed by atoms with E-state index in [2.05, 4.69) is 12.1 Å². The summed E-state index contributed by atoms with van der Waals surface area (Å²) in [5, 5.41) is 10.2. The minimum absolute atomic E-state index is 0.0284. The SMILES string of the molecule is COc1ccc([C@H]2C3CCC[C@@H]([C@@H]2CO)N(C(=O)OC(C)(C)C)C3)cc1. The summed E-state index contributed by atoms with van der Waals surface area (Å²) >= 11 is 0. The van der Waals surface area contributed by atoms with E-state index >= 15 is 0 Å². The first kappa shape index (κ1) is 19.0. The lowest BCUT2D eigenvalue weighted by Gasteiger charge is -2.47. The van der Waals surface area contributed by atoms with Crippen LogP contribution in [0.4, 0.5) is 4.79 Å². The monoisotopic (exact) mass is 361 g/mol. The fourth-order valence-corrected chi connectivity index (χ4v) is 4.66. The van der Waals surface area contributed by atoms with Gasteiger partial charge in [0, 0.05) is 25.1 Å². The lowest BCUT2D eigenvalue weighted by molar-refractivity contribution is -0.0200. The van der Waals surface area contributed by atoms with E-state index in [9.17, 15) is 9.90 Å². The van der Waals surface area contributed by atoms with Crippen molar-refractivity contribution in [1.29, 1.82) is 0 Å². The molecule has 1 amide bonds. The van der Waals surface area contributed by atoms with E-state index in [0.717, 1.165) is 25.0 Å². The van der Waals surface area contributed by atoms with Crippen molar-refractivity contribution >= 4 is 6.09 Å². The second-order valence-electron chi connectivity index (χ2n) is 8.54. The van der Waals surface area contributed by atoms with Crippen LogP contribution in [0, 0.1) is 11.8 Å². The third-order valence-electron chi connectivity index (χ3n) is 5.71. The Morgan fingerprint density at radius 1 is 1.23 bits per heavy atom. The van der Waals surface area contributed by atoms with Gasteiger partial charge in [-0.25, -0.2) is 4.79 Å². The van der Waals surface area contributed by atoms with Crippen molar-refractivity contribution in [3.8, 4) is 5.75 Å². The topological polar surface area (TPSA) is 59.0 Å². The second-order valence-corrected chi connectivity index (χ2v) is 8.54. The molecule has 1 aliphatic carbocycles. The number of piperidine rings is 1. The Bertz CT molecular complexity index is 622. The highest BCUT2D eigenvalue weighted by atomic mass is 16.6. The molecule has 5 nitrogen and oxygen atoms in total. The molecule has 3 aliphatic rings. The molecule has 144 valence electrons. The number of benzene rings is 1. The molecule has 2 heterocycles. The average Bonchev–Trinajstić information content (AvgIpc) is 2.91. The molecule has 2 bridgehead atoms. The van der Waals surface area contributed by atoms with Crippen LogP contribution in [0.5, 0.6) is 5.75 Å². The predicted molar refractivity (Wildman–Crippen MR) is 100 cm³/mol. The molecule has 1 aromatic rings. The molecule has 2 saturated heterocycles. The number of carbonyl (C=O) groups is 1. The van der Waals surface area contributed by atoms with Crippen LogP contribution in [0.15, 0.2) is 24.3 Å². The van der Waals surface area contributed by atoms with Crippen molar-refractivity contribution in [3.05, 3.63) is 29.8 Å². The number of fused-ring (bicyclic) bond motifs is 4. The summed E-state index contributed by atoms with van der Waals surface area (Å²) in [5.41, 5.74) is 0.720. The maximum Gasteiger partial charge on any atom is 0.410 e. The fourth-order valence-electron chi connectivity index (χ4n) is 4.66. The summed E-state index contributed by atoms with van der Waals surface area (Å²) in [6, 6.07) is 8.19. The first-order valence-corrected chi connectivity index (χ1v) is 9.58. The number of rotatable bonds is 3. The van der Waals surface area contributed by atoms with Gasteiger partial charge in [-0.1, -0.05) is 18.6 Å². The van der Waals surface area contributed by atoms with Gasteiger partial charge >= 0.3 is 6.09 Å². The van der Waals surface area contributed by atoms with Crippen molar-refractivity contribution in [2.24, 2.45) is 11.8 Å². The van der Waals surface area contributed by atoms with E-state index in [-0.39, 0.29) is 30.6 Å². The Morgan fingerprint density at radius 3 is 2.50 bits per heavy atom. The van der Waals surface area contributed by atoms with Crippen LogP contribution in [-0.4, -0.2) is 48.0 Å². The summed E-state index contributed by atoms with van der Waals surface area (Å²) in [4.78, 5) is 14.6. The van der Waals surface area contributed by atoms with Crippen molar-refractivity contribution < 1.29 is 19.4 Å². The van der Waals surface area contributed by atoms with E-state index in [1.807, 2.05) is 37.8 Å². The minimum Gasteiger partial charge on any atom is -0.497 e. The predicted octanol–water partition coefficient (Wildman–Crippen LogP) is 3.81. The van der Waals surface area contributed by atoms with Crippen molar-refractivity contribution in [2.45, 2.75) is 57.6 Å². The van der Waals surface area contributed by atoms with Gasteiger partial charge in [0.15, 0.2) is 0 Å². The van der Waals surface area contributed by atoms with Crippen molar-refractivity contribution in [1.82, 2.24) is 4.90 Å². The molecular weight excluding hydrogens is 330 g/mol. The molecule has 4 atom stereocenters. The largest absolute Gasteiger partial charge is 0.497 e. The lowest BCUT2D eigenvalue weighted by Crippen LogP contribution is -2.55. The lowest BCUT2D eigenvalue weighted by atomic mass is 9.71. The molecule has 1 aromatic carbocycles. The summed E-state index contributed by atoms with van der Waals surface area (Å²) in [7, 11) is 1.66. The Labute approximate surface area is 156 Å². The Balaban J connectivity index is 1.87. The van der Waals surface area contributed by atoms with Crippen LogP contribution in [0.1, 0.15) is 51.5 Å². The van der Waals surface area contributed by atoms with Crippen molar-refractivity contribution in [3.63, 3.8) is 0 Å². The molecular formula is C21H31NO4. The van der Waals surface area contributed by atoms with E-state index in [1.54, 1.807) is 7.11 Å². The summed E-state index contributed by atoms with van der Waals surface area (Å²) in [6.45, 7) is 6.46. The zero-order chi connectivity index (χ0) is 18.9. The normalized spacial score (nSPS) is 28.6. The Kier molecular flexibility index (Phi) is 5.47. The van der Waals surface area contributed by atoms with Crippen LogP contribution in [0.2, 0.25) is 0 Å². The summed E-state index contributed by atoms with van der Waals surface area (Å²) in [5.74, 6) is 1.48. The van der Waals surface area contributed by atoms with Gasteiger partial charge in [-0.3, -0.25) is 0 Å². The average molecular weight is 361 g/mol. The highest BCUT2D eigenvalue weighted by Crippen LogP contribution is 2.47. The number of hydrogen-bond donors (Lipinski definition) is 1. The second kappa shape index (κ2) is 7.47. The molecule has 2 aliphatic heterocycles. The number of nitrogens with zero attached hydrogens (tertiary/aromatic N) is 1. The Hall–Kier alpha value is -1.75. The van der Waals surface area contributed by atoms with Gasteiger partial charge in [0.05, 0.1) is 7.11 Å². The molecule has 0 aromatic heterocycles. The third-order valence-corrected chi connectivity index (χ3v) is 5.71. The molecule has 0 radical (unpaired) electrons. The number of aliphatic hydroxyl groups is 1. The molecule has 5 heteroatoms. The molecule has 1 N–H and O–H groups in total. The maximum atomic E-state index is 12.8. The number of aliphatic hydroxyl groups excluding tert-OH is 1. The quantitative estimate of drug-likeness (QED) is 0.889. The van der Waals surface area contributed by atoms with Gasteiger partial charge < -0.3 is 19.5 Å². The highest BCUT2D eigenvalue weighted by molar-refractivity contribution is 5.69. The van der Waals surface area contributed by atoms with Gasteiger partial charge in [0.2, 0.25) is 0 Å². The van der Waals surface area contributed by atoms with E-state index in [0.29, 0.717) is 12.5 Å². The van der Waals surface area contributed by atoms with E-state index in [1.165, 1.54) is 5.56 Å². The zero-order valence-corrected chi connectivity index (χ0v) is 16.3. The number of hydrogen-bond acceptors (Lipinski definition) is 4.